The van der Waals surface area contributed by atoms with Crippen LogP contribution >= 0.6 is 11.3 Å². The van der Waals surface area contributed by atoms with Crippen molar-refractivity contribution in [3.63, 3.8) is 0 Å². The van der Waals surface area contributed by atoms with Gasteiger partial charge < -0.3 is 5.32 Å². The number of nitrogens with zero attached hydrogens (tertiary/aromatic N) is 3. The van der Waals surface area contributed by atoms with E-state index in [0.717, 1.165) is 49.5 Å². The van der Waals surface area contributed by atoms with Crippen molar-refractivity contribution in [2.24, 2.45) is 0 Å². The van der Waals surface area contributed by atoms with Crippen molar-refractivity contribution in [3.05, 3.63) is 52.7 Å². The van der Waals surface area contributed by atoms with Gasteiger partial charge in [-0.2, -0.15) is 0 Å². The molecule has 1 aromatic carbocycles. The second kappa shape index (κ2) is 8.36. The molecule has 0 amide bonds. The van der Waals surface area contributed by atoms with Crippen LogP contribution in [0, 0.1) is 6.92 Å². The molecule has 2 aromatic heterocycles. The van der Waals surface area contributed by atoms with Crippen molar-refractivity contribution >= 4 is 27.4 Å². The van der Waals surface area contributed by atoms with Crippen molar-refractivity contribution in [2.75, 3.05) is 18.4 Å². The highest BCUT2D eigenvalue weighted by Crippen LogP contribution is 2.30. The smallest absolute Gasteiger partial charge is 0.138 e. The van der Waals surface area contributed by atoms with E-state index in [1.807, 2.05) is 0 Å². The molecule has 4 nitrogen and oxygen atoms in total. The van der Waals surface area contributed by atoms with Crippen LogP contribution in [0.25, 0.3) is 10.2 Å². The maximum Gasteiger partial charge on any atom is 0.138 e. The number of likely N-dealkylation sites (tertiary alicyclic amines) is 1. The van der Waals surface area contributed by atoms with E-state index in [0.29, 0.717) is 6.04 Å². The van der Waals surface area contributed by atoms with E-state index in [2.05, 4.69) is 64.4 Å². The highest BCUT2D eigenvalue weighted by atomic mass is 32.1. The molecule has 0 spiro atoms. The van der Waals surface area contributed by atoms with Crippen LogP contribution in [-0.2, 0) is 13.0 Å². The molecular formula is C22H28N4S. The largest absolute Gasteiger partial charge is 0.367 e. The maximum atomic E-state index is 4.54. The third-order valence-electron chi connectivity index (χ3n) is 5.46. The lowest BCUT2D eigenvalue weighted by Gasteiger charge is -2.33. The summed E-state index contributed by atoms with van der Waals surface area (Å²) < 4.78 is 0. The first-order valence-electron chi connectivity index (χ1n) is 9.99. The Morgan fingerprint density at radius 1 is 1.19 bits per heavy atom. The SMILES string of the molecule is CCCc1cc2c(NC3CCN(Cc4ccccc4C)CC3)ncnc2s1. The van der Waals surface area contributed by atoms with E-state index < -0.39 is 0 Å². The predicted molar refractivity (Wildman–Crippen MR) is 115 cm³/mol. The van der Waals surface area contributed by atoms with E-state index in [1.165, 1.54) is 27.8 Å². The first-order valence-corrected chi connectivity index (χ1v) is 10.8. The van der Waals surface area contributed by atoms with Crippen LogP contribution < -0.4 is 5.32 Å². The molecular weight excluding hydrogens is 352 g/mol. The van der Waals surface area contributed by atoms with Gasteiger partial charge in [0.1, 0.15) is 17.0 Å². The second-order valence-electron chi connectivity index (χ2n) is 7.53. The Morgan fingerprint density at radius 2 is 2.00 bits per heavy atom. The van der Waals surface area contributed by atoms with Crippen LogP contribution in [0.5, 0.6) is 0 Å². The minimum absolute atomic E-state index is 0.491. The van der Waals surface area contributed by atoms with Crippen molar-refractivity contribution in [1.29, 1.82) is 0 Å². The van der Waals surface area contributed by atoms with Crippen LogP contribution in [0.15, 0.2) is 36.7 Å². The number of anilines is 1. The van der Waals surface area contributed by atoms with Gasteiger partial charge in [0.25, 0.3) is 0 Å². The number of thiophene rings is 1. The summed E-state index contributed by atoms with van der Waals surface area (Å²) in [5.74, 6) is 1.01. The lowest BCUT2D eigenvalue weighted by Crippen LogP contribution is -2.38. The predicted octanol–water partition coefficient (Wildman–Crippen LogP) is 5.03. The molecule has 3 aromatic rings. The number of benzene rings is 1. The van der Waals surface area contributed by atoms with Gasteiger partial charge in [-0.1, -0.05) is 37.6 Å². The Bertz CT molecular complexity index is 896. The normalized spacial score (nSPS) is 16.1. The van der Waals surface area contributed by atoms with Gasteiger partial charge in [-0.25, -0.2) is 9.97 Å². The summed E-state index contributed by atoms with van der Waals surface area (Å²) in [6.07, 6.45) is 6.30. The fourth-order valence-corrected chi connectivity index (χ4v) is 4.94. The molecule has 0 saturated carbocycles. The van der Waals surface area contributed by atoms with Crippen molar-refractivity contribution in [1.82, 2.24) is 14.9 Å². The summed E-state index contributed by atoms with van der Waals surface area (Å²) in [4.78, 5) is 14.1. The van der Waals surface area contributed by atoms with Gasteiger partial charge in [-0.05, 0) is 43.4 Å². The third-order valence-corrected chi connectivity index (χ3v) is 6.56. The summed E-state index contributed by atoms with van der Waals surface area (Å²) in [5, 5.41) is 4.89. The van der Waals surface area contributed by atoms with Crippen LogP contribution in [0.3, 0.4) is 0 Å². The molecule has 1 aliphatic rings. The zero-order chi connectivity index (χ0) is 18.6. The number of hydrogen-bond donors (Lipinski definition) is 1. The summed E-state index contributed by atoms with van der Waals surface area (Å²) in [5.41, 5.74) is 2.84. The number of piperidine rings is 1. The topological polar surface area (TPSA) is 41.0 Å². The van der Waals surface area contributed by atoms with Crippen LogP contribution in [-0.4, -0.2) is 34.0 Å². The number of rotatable bonds is 6. The zero-order valence-electron chi connectivity index (χ0n) is 16.2. The molecule has 5 heteroatoms. The van der Waals surface area contributed by atoms with Crippen molar-refractivity contribution < 1.29 is 0 Å². The Labute approximate surface area is 165 Å². The standard InChI is InChI=1S/C22H28N4S/c1-3-6-19-13-20-21(23-15-24-22(20)27-19)25-18-9-11-26(12-10-18)14-17-8-5-4-7-16(17)2/h4-5,7-8,13,15,18H,3,6,9-12,14H2,1-2H3,(H,23,24,25). The van der Waals surface area contributed by atoms with E-state index >= 15 is 0 Å². The fourth-order valence-electron chi connectivity index (χ4n) is 3.85. The van der Waals surface area contributed by atoms with Gasteiger partial charge in [0.15, 0.2) is 0 Å². The van der Waals surface area contributed by atoms with E-state index in [4.69, 9.17) is 0 Å². The van der Waals surface area contributed by atoms with Gasteiger partial charge in [-0.3, -0.25) is 4.90 Å². The molecule has 1 aliphatic heterocycles. The van der Waals surface area contributed by atoms with Crippen LogP contribution in [0.1, 0.15) is 42.2 Å². The Hall–Kier alpha value is -1.98. The summed E-state index contributed by atoms with van der Waals surface area (Å²) >= 11 is 1.80. The molecule has 142 valence electrons. The molecule has 27 heavy (non-hydrogen) atoms. The summed E-state index contributed by atoms with van der Waals surface area (Å²) in [6.45, 7) is 7.75. The van der Waals surface area contributed by atoms with E-state index in [9.17, 15) is 0 Å². The summed E-state index contributed by atoms with van der Waals surface area (Å²) in [7, 11) is 0. The molecule has 0 unspecified atom stereocenters. The monoisotopic (exact) mass is 380 g/mol. The highest BCUT2D eigenvalue weighted by Gasteiger charge is 2.21. The molecule has 4 rings (SSSR count). The Morgan fingerprint density at radius 3 is 2.78 bits per heavy atom. The number of nitrogens with one attached hydrogen (secondary N) is 1. The molecule has 1 N–H and O–H groups in total. The molecule has 0 atom stereocenters. The second-order valence-corrected chi connectivity index (χ2v) is 8.64. The molecule has 1 saturated heterocycles. The number of aromatic nitrogens is 2. The molecule has 3 heterocycles. The Balaban J connectivity index is 1.38. The molecule has 0 radical (unpaired) electrons. The van der Waals surface area contributed by atoms with E-state index in [1.54, 1.807) is 17.7 Å². The lowest BCUT2D eigenvalue weighted by molar-refractivity contribution is 0.211. The first kappa shape index (κ1) is 18.4. The summed E-state index contributed by atoms with van der Waals surface area (Å²) in [6, 6.07) is 11.5. The minimum Gasteiger partial charge on any atom is -0.367 e. The minimum atomic E-state index is 0.491. The third kappa shape index (κ3) is 4.30. The van der Waals surface area contributed by atoms with Crippen molar-refractivity contribution in [2.45, 2.75) is 52.1 Å². The Kier molecular flexibility index (Phi) is 5.69. The number of hydrogen-bond acceptors (Lipinski definition) is 5. The molecule has 0 bridgehead atoms. The number of fused-ring (bicyclic) bond motifs is 1. The fraction of sp³-hybridized carbons (Fsp3) is 0.455. The van der Waals surface area contributed by atoms with E-state index in [-0.39, 0.29) is 0 Å². The zero-order valence-corrected chi connectivity index (χ0v) is 17.1. The average molecular weight is 381 g/mol. The lowest BCUT2D eigenvalue weighted by atomic mass is 10.0. The van der Waals surface area contributed by atoms with Crippen LogP contribution in [0.2, 0.25) is 0 Å². The van der Waals surface area contributed by atoms with Gasteiger partial charge in [0.2, 0.25) is 0 Å². The maximum absolute atomic E-state index is 4.54. The van der Waals surface area contributed by atoms with Crippen LogP contribution in [0.4, 0.5) is 5.82 Å². The van der Waals surface area contributed by atoms with Gasteiger partial charge in [-0.15, -0.1) is 11.3 Å². The molecule has 0 aliphatic carbocycles. The highest BCUT2D eigenvalue weighted by molar-refractivity contribution is 7.18. The van der Waals surface area contributed by atoms with Gasteiger partial charge in [0, 0.05) is 30.6 Å². The van der Waals surface area contributed by atoms with Gasteiger partial charge in [0.05, 0.1) is 5.39 Å². The van der Waals surface area contributed by atoms with Crippen molar-refractivity contribution in [3.8, 4) is 0 Å². The average Bonchev–Trinajstić information content (AvgIpc) is 3.09. The number of aryl methyl sites for hydroxylation is 2. The van der Waals surface area contributed by atoms with Gasteiger partial charge >= 0.3 is 0 Å². The quantitative estimate of drug-likeness (QED) is 0.651. The first-order chi connectivity index (χ1) is 13.2. The molecule has 1 fully saturated rings.